The summed E-state index contributed by atoms with van der Waals surface area (Å²) in [6, 6.07) is 2.39. The van der Waals surface area contributed by atoms with Crippen LogP contribution >= 0.6 is 0 Å². The summed E-state index contributed by atoms with van der Waals surface area (Å²) in [5, 5.41) is 6.99. The lowest BCUT2D eigenvalue weighted by Gasteiger charge is -2.36. The summed E-state index contributed by atoms with van der Waals surface area (Å²) in [5.74, 6) is -4.60. The fourth-order valence-electron chi connectivity index (χ4n) is 5.56. The zero-order valence-electron chi connectivity index (χ0n) is 22.8. The second-order valence-corrected chi connectivity index (χ2v) is 10.7. The third kappa shape index (κ3) is 4.99. The molecule has 4 aromatic rings. The number of aryl methyl sites for hydroxylation is 1. The maximum Gasteiger partial charge on any atom is 0.257 e. The van der Waals surface area contributed by atoms with Crippen LogP contribution in [0.2, 0.25) is 0 Å². The molecule has 1 saturated heterocycles. The van der Waals surface area contributed by atoms with Gasteiger partial charge < -0.3 is 25.3 Å². The van der Waals surface area contributed by atoms with Gasteiger partial charge in [0.2, 0.25) is 17.7 Å². The van der Waals surface area contributed by atoms with Gasteiger partial charge >= 0.3 is 0 Å². The Morgan fingerprint density at radius 2 is 1.98 bits per heavy atom. The first-order chi connectivity index (χ1) is 20.0. The Morgan fingerprint density at radius 3 is 2.67 bits per heavy atom. The number of likely N-dealkylation sites (tertiary alicyclic amines) is 1. The molecule has 3 N–H and O–H groups in total. The molecule has 0 radical (unpaired) electrons. The van der Waals surface area contributed by atoms with Crippen LogP contribution in [0.3, 0.4) is 0 Å². The van der Waals surface area contributed by atoms with E-state index in [0.717, 1.165) is 11.3 Å². The number of carbonyl (C=O) groups is 2. The predicted octanol–water partition coefficient (Wildman–Crippen LogP) is 2.26. The number of fused-ring (bicyclic) bond motifs is 1. The number of hydrogen-bond donors (Lipinski definition) is 2. The largest absolute Gasteiger partial charge is 0.480 e. The average Bonchev–Trinajstić information content (AvgIpc) is 3.64. The molecule has 2 fully saturated rings. The van der Waals surface area contributed by atoms with Gasteiger partial charge in [0, 0.05) is 48.8 Å². The molecule has 6 rings (SSSR count). The lowest BCUT2D eigenvalue weighted by atomic mass is 9.80. The molecule has 1 aliphatic carbocycles. The third-order valence-corrected chi connectivity index (χ3v) is 7.68. The monoisotopic (exact) mass is 583 g/mol. The van der Waals surface area contributed by atoms with Crippen molar-refractivity contribution in [3.8, 4) is 17.1 Å². The Kier molecular flexibility index (Phi) is 6.74. The third-order valence-electron chi connectivity index (χ3n) is 7.68. The number of methoxy groups -OCH3 is 1. The summed E-state index contributed by atoms with van der Waals surface area (Å²) in [4.78, 5) is 39.8. The van der Waals surface area contributed by atoms with Crippen molar-refractivity contribution in [2.45, 2.75) is 44.4 Å². The van der Waals surface area contributed by atoms with Gasteiger partial charge in [-0.1, -0.05) is 0 Å². The molecule has 220 valence electrons. The van der Waals surface area contributed by atoms with Crippen molar-refractivity contribution in [1.82, 2.24) is 39.3 Å². The highest BCUT2D eigenvalue weighted by molar-refractivity contribution is 5.98. The van der Waals surface area contributed by atoms with Crippen LogP contribution in [0.15, 0.2) is 37.2 Å². The molecule has 2 amide bonds. The summed E-state index contributed by atoms with van der Waals surface area (Å²) < 4.78 is 50.2. The molecule has 1 aliphatic heterocycles. The first-order valence-electron chi connectivity index (χ1n) is 13.3. The molecule has 12 nitrogen and oxygen atoms in total. The minimum atomic E-state index is -2.86. The van der Waals surface area contributed by atoms with Crippen molar-refractivity contribution in [3.63, 3.8) is 0 Å². The lowest BCUT2D eigenvalue weighted by Crippen LogP contribution is -2.47. The number of nitrogen functional groups attached to an aromatic ring is 1. The molecule has 1 saturated carbocycles. The van der Waals surface area contributed by atoms with Gasteiger partial charge in [-0.2, -0.15) is 5.10 Å². The molecule has 2 unspecified atom stereocenters. The van der Waals surface area contributed by atoms with Crippen LogP contribution in [0, 0.1) is 12.8 Å². The number of nitrogens with one attached hydrogen (secondary N) is 1. The molecule has 2 aliphatic rings. The number of anilines is 1. The van der Waals surface area contributed by atoms with Crippen molar-refractivity contribution in [2.75, 3.05) is 25.9 Å². The molecule has 42 heavy (non-hydrogen) atoms. The van der Waals surface area contributed by atoms with E-state index in [-0.39, 0.29) is 30.4 Å². The number of imidazole rings is 1. The Bertz CT molecular complexity index is 1680. The Balaban J connectivity index is 1.26. The van der Waals surface area contributed by atoms with E-state index in [1.165, 1.54) is 24.5 Å². The van der Waals surface area contributed by atoms with Crippen molar-refractivity contribution < 1.29 is 27.5 Å². The van der Waals surface area contributed by atoms with E-state index in [4.69, 9.17) is 10.5 Å². The van der Waals surface area contributed by atoms with E-state index in [9.17, 15) is 22.8 Å². The van der Waals surface area contributed by atoms with Crippen LogP contribution in [0.4, 0.5) is 19.0 Å². The summed E-state index contributed by atoms with van der Waals surface area (Å²) in [5.41, 5.74) is 9.58. The number of pyridine rings is 1. The van der Waals surface area contributed by atoms with Gasteiger partial charge in [0.1, 0.15) is 23.6 Å². The van der Waals surface area contributed by atoms with E-state index < -0.39 is 48.7 Å². The molecule has 2 atom stereocenters. The number of nitrogens with two attached hydrogens (primary N) is 1. The number of aromatic nitrogens is 6. The zero-order chi connectivity index (χ0) is 29.8. The Morgan fingerprint density at radius 1 is 1.19 bits per heavy atom. The highest BCUT2D eigenvalue weighted by Crippen LogP contribution is 2.43. The van der Waals surface area contributed by atoms with Crippen LogP contribution in [0.1, 0.15) is 34.5 Å². The zero-order valence-corrected chi connectivity index (χ0v) is 22.8. The highest BCUT2D eigenvalue weighted by Gasteiger charge is 2.51. The standard InChI is InChI=1S/C27H28F3N9O3/c1-14-8-37(13-34-14)9-16-4-21(39-22(16)23(31)33-12-35-39)15-3-18(25(42-2)32-7-15)24(40)36-20-11-38(10-19(20)28)26(41)17-5-27(29,30)6-17/h3-4,7-8,12-13,17,19-20H,5-6,9-11H2,1-2H3,(H,36,40)(H2,31,33,35). The molecule has 0 bridgehead atoms. The fourth-order valence-corrected chi connectivity index (χ4v) is 5.56. The second kappa shape index (κ2) is 10.3. The van der Waals surface area contributed by atoms with Crippen molar-refractivity contribution in [2.24, 2.45) is 5.92 Å². The molecule has 0 aromatic carbocycles. The smallest absolute Gasteiger partial charge is 0.257 e. The minimum absolute atomic E-state index is 0.0124. The minimum Gasteiger partial charge on any atom is -0.480 e. The number of carbonyl (C=O) groups excluding carboxylic acids is 2. The normalized spacial score (nSPS) is 20.1. The Labute approximate surface area is 237 Å². The van der Waals surface area contributed by atoms with Crippen LogP contribution in [-0.4, -0.2) is 84.2 Å². The van der Waals surface area contributed by atoms with Gasteiger partial charge in [0.25, 0.3) is 5.91 Å². The van der Waals surface area contributed by atoms with Gasteiger partial charge in [0.15, 0.2) is 5.82 Å². The van der Waals surface area contributed by atoms with Crippen LogP contribution < -0.4 is 15.8 Å². The number of nitrogens with zero attached hydrogens (tertiary/aromatic N) is 7. The van der Waals surface area contributed by atoms with Crippen LogP contribution in [0.25, 0.3) is 16.8 Å². The first-order valence-corrected chi connectivity index (χ1v) is 13.3. The number of hydrogen-bond acceptors (Lipinski definition) is 8. The summed E-state index contributed by atoms with van der Waals surface area (Å²) in [6.45, 7) is 1.91. The topological polar surface area (TPSA) is 146 Å². The maximum atomic E-state index is 14.9. The summed E-state index contributed by atoms with van der Waals surface area (Å²) in [6.07, 6.45) is 3.78. The Hall–Kier alpha value is -4.69. The highest BCUT2D eigenvalue weighted by atomic mass is 19.3. The van der Waals surface area contributed by atoms with Crippen molar-refractivity contribution in [3.05, 3.63) is 54.0 Å². The number of alkyl halides is 3. The van der Waals surface area contributed by atoms with Crippen LogP contribution in [-0.2, 0) is 11.3 Å². The van der Waals surface area contributed by atoms with Gasteiger partial charge in [-0.3, -0.25) is 9.59 Å². The maximum absolute atomic E-state index is 14.9. The molecule has 15 heteroatoms. The van der Waals surface area contributed by atoms with E-state index in [1.54, 1.807) is 16.9 Å². The molecule has 0 spiro atoms. The number of ether oxygens (including phenoxy) is 1. The quantitative estimate of drug-likeness (QED) is 0.337. The van der Waals surface area contributed by atoms with E-state index >= 15 is 0 Å². The van der Waals surface area contributed by atoms with E-state index in [2.05, 4.69) is 25.4 Å². The average molecular weight is 584 g/mol. The molecule has 5 heterocycles. The summed E-state index contributed by atoms with van der Waals surface area (Å²) >= 11 is 0. The van der Waals surface area contributed by atoms with Gasteiger partial charge in [-0.15, -0.1) is 0 Å². The SMILES string of the molecule is COc1ncc(-c2cc(Cn3cnc(C)c3)c3c(N)ncnn23)cc1C(=O)NC1CN(C(=O)C2CC(F)(F)C2)CC1F. The predicted molar refractivity (Wildman–Crippen MR) is 144 cm³/mol. The molecular weight excluding hydrogens is 555 g/mol. The van der Waals surface area contributed by atoms with Crippen molar-refractivity contribution >= 4 is 23.1 Å². The van der Waals surface area contributed by atoms with Gasteiger partial charge in [0.05, 0.1) is 44.0 Å². The lowest BCUT2D eigenvalue weighted by molar-refractivity contribution is -0.159. The number of rotatable bonds is 7. The number of halogens is 3. The van der Waals surface area contributed by atoms with Gasteiger partial charge in [-0.25, -0.2) is 32.6 Å². The van der Waals surface area contributed by atoms with Crippen LogP contribution in [0.5, 0.6) is 5.88 Å². The van der Waals surface area contributed by atoms with E-state index in [0.29, 0.717) is 23.3 Å². The number of amides is 2. The first kappa shape index (κ1) is 27.5. The van der Waals surface area contributed by atoms with Crippen molar-refractivity contribution in [1.29, 1.82) is 0 Å². The van der Waals surface area contributed by atoms with E-state index in [1.807, 2.05) is 23.8 Å². The molecule has 4 aromatic heterocycles. The fraction of sp³-hybridized carbons (Fsp3) is 0.407. The summed E-state index contributed by atoms with van der Waals surface area (Å²) in [7, 11) is 1.35. The van der Waals surface area contributed by atoms with Gasteiger partial charge in [-0.05, 0) is 19.1 Å². The molecular formula is C27H28F3N9O3. The second-order valence-electron chi connectivity index (χ2n) is 10.7.